The quantitative estimate of drug-likeness (QED) is 0.882. The molecular weight excluding hydrogens is 308 g/mol. The van der Waals surface area contributed by atoms with E-state index >= 15 is 0 Å². The Labute approximate surface area is 140 Å². The molecule has 1 aromatic heterocycles. The fraction of sp³-hybridized carbons (Fsp3) is 0.611. The van der Waals surface area contributed by atoms with Gasteiger partial charge in [0, 0.05) is 37.3 Å². The van der Waals surface area contributed by atoms with Crippen LogP contribution >= 0.6 is 0 Å². The number of aliphatic carboxylic acids is 1. The number of carbonyl (C=O) groups is 2. The minimum absolute atomic E-state index is 0.0243. The number of hydrogen-bond donors (Lipinski definition) is 1. The molecule has 1 saturated carbocycles. The van der Waals surface area contributed by atoms with Crippen molar-refractivity contribution in [2.24, 2.45) is 23.2 Å². The van der Waals surface area contributed by atoms with Gasteiger partial charge in [0.2, 0.25) is 5.91 Å². The first-order chi connectivity index (χ1) is 11.3. The number of likely N-dealkylation sites (tertiary alicyclic amines) is 1. The van der Waals surface area contributed by atoms with Crippen molar-refractivity contribution in [3.8, 4) is 0 Å². The number of amides is 1. The Bertz CT molecular complexity index is 781. The van der Waals surface area contributed by atoms with Crippen LogP contribution in [0.3, 0.4) is 0 Å². The predicted octanol–water partition coefficient (Wildman–Crippen LogP) is 1.15. The third-order valence-corrected chi connectivity index (χ3v) is 6.15. The molecule has 1 amide bonds. The van der Waals surface area contributed by atoms with Gasteiger partial charge < -0.3 is 14.6 Å². The molecule has 0 unspecified atom stereocenters. The van der Waals surface area contributed by atoms with E-state index in [1.807, 2.05) is 29.4 Å². The number of fused-ring (bicyclic) bond motifs is 4. The number of rotatable bonds is 2. The van der Waals surface area contributed by atoms with E-state index in [1.165, 1.54) is 0 Å². The second-order valence-electron chi connectivity index (χ2n) is 8.06. The summed E-state index contributed by atoms with van der Waals surface area (Å²) in [6, 6.07) is 5.33. The molecule has 3 aliphatic rings. The van der Waals surface area contributed by atoms with Gasteiger partial charge in [-0.2, -0.15) is 0 Å². The maximum absolute atomic E-state index is 12.9. The molecule has 4 atom stereocenters. The maximum atomic E-state index is 12.9. The highest BCUT2D eigenvalue weighted by Crippen LogP contribution is 2.59. The number of aromatic nitrogens is 1. The van der Waals surface area contributed by atoms with Crippen LogP contribution in [-0.2, 0) is 16.1 Å². The van der Waals surface area contributed by atoms with E-state index in [4.69, 9.17) is 0 Å². The van der Waals surface area contributed by atoms with Gasteiger partial charge in [-0.05, 0) is 23.8 Å². The summed E-state index contributed by atoms with van der Waals surface area (Å²) in [5.74, 6) is -1.49. The minimum Gasteiger partial charge on any atom is -0.481 e. The van der Waals surface area contributed by atoms with E-state index < -0.39 is 23.2 Å². The lowest BCUT2D eigenvalue weighted by Crippen LogP contribution is -2.49. The van der Waals surface area contributed by atoms with Crippen molar-refractivity contribution in [2.45, 2.75) is 32.7 Å². The largest absolute Gasteiger partial charge is 0.481 e. The van der Waals surface area contributed by atoms with E-state index in [9.17, 15) is 19.5 Å². The fourth-order valence-corrected chi connectivity index (χ4v) is 4.83. The van der Waals surface area contributed by atoms with Gasteiger partial charge in [0.1, 0.15) is 0 Å². The molecule has 4 rings (SSSR count). The van der Waals surface area contributed by atoms with E-state index in [2.05, 4.69) is 0 Å². The third-order valence-electron chi connectivity index (χ3n) is 6.15. The SMILES string of the molecule is CC1(C)[C@H](C(=O)O)[C@H]1C(=O)N1C[C@H]2C[C@@H](C1)c1cccc(=O)n1C2. The molecule has 2 fully saturated rings. The monoisotopic (exact) mass is 330 g/mol. The third kappa shape index (κ3) is 2.12. The lowest BCUT2D eigenvalue weighted by molar-refractivity contribution is -0.142. The van der Waals surface area contributed by atoms with Crippen molar-refractivity contribution in [1.29, 1.82) is 0 Å². The molecule has 24 heavy (non-hydrogen) atoms. The summed E-state index contributed by atoms with van der Waals surface area (Å²) in [4.78, 5) is 38.1. The predicted molar refractivity (Wildman–Crippen MR) is 86.5 cm³/mol. The average Bonchev–Trinajstić information content (AvgIpc) is 3.10. The Morgan fingerprint density at radius 3 is 2.58 bits per heavy atom. The molecule has 128 valence electrons. The number of nitrogens with zero attached hydrogens (tertiary/aromatic N) is 2. The minimum atomic E-state index is -0.882. The van der Waals surface area contributed by atoms with Crippen LogP contribution in [0.4, 0.5) is 0 Å². The highest BCUT2D eigenvalue weighted by molar-refractivity contribution is 5.91. The highest BCUT2D eigenvalue weighted by Gasteiger charge is 2.66. The molecule has 0 aromatic carbocycles. The van der Waals surface area contributed by atoms with Crippen LogP contribution in [-0.4, -0.2) is 39.5 Å². The maximum Gasteiger partial charge on any atom is 0.307 e. The van der Waals surface area contributed by atoms with Crippen molar-refractivity contribution in [2.75, 3.05) is 13.1 Å². The highest BCUT2D eigenvalue weighted by atomic mass is 16.4. The number of carbonyl (C=O) groups excluding carboxylic acids is 1. The second-order valence-corrected chi connectivity index (χ2v) is 8.06. The van der Waals surface area contributed by atoms with Crippen LogP contribution in [0.1, 0.15) is 31.9 Å². The van der Waals surface area contributed by atoms with Crippen LogP contribution in [0.25, 0.3) is 0 Å². The zero-order valence-electron chi connectivity index (χ0n) is 13.9. The lowest BCUT2D eigenvalue weighted by Gasteiger charge is -2.43. The first-order valence-corrected chi connectivity index (χ1v) is 8.52. The Kier molecular flexibility index (Phi) is 3.18. The van der Waals surface area contributed by atoms with Crippen LogP contribution in [0.2, 0.25) is 0 Å². The zero-order chi connectivity index (χ0) is 17.2. The lowest BCUT2D eigenvalue weighted by atomic mass is 9.83. The van der Waals surface area contributed by atoms with Crippen molar-refractivity contribution < 1.29 is 14.7 Å². The van der Waals surface area contributed by atoms with Gasteiger partial charge in [-0.15, -0.1) is 0 Å². The summed E-state index contributed by atoms with van der Waals surface area (Å²) in [7, 11) is 0. The van der Waals surface area contributed by atoms with Crippen molar-refractivity contribution in [3.05, 3.63) is 34.2 Å². The number of piperidine rings is 1. The number of carboxylic acids is 1. The molecule has 1 saturated heterocycles. The Morgan fingerprint density at radius 2 is 1.92 bits per heavy atom. The molecule has 1 aromatic rings. The second kappa shape index (κ2) is 4.94. The molecule has 6 nitrogen and oxygen atoms in total. The van der Waals surface area contributed by atoms with Gasteiger partial charge in [0.15, 0.2) is 0 Å². The first-order valence-electron chi connectivity index (χ1n) is 8.52. The van der Waals surface area contributed by atoms with Crippen LogP contribution in [0.5, 0.6) is 0 Å². The van der Waals surface area contributed by atoms with E-state index in [0.717, 1.165) is 12.1 Å². The van der Waals surface area contributed by atoms with Crippen molar-refractivity contribution in [1.82, 2.24) is 9.47 Å². The van der Waals surface area contributed by atoms with Gasteiger partial charge in [0.25, 0.3) is 5.56 Å². The normalized spacial score (nSPS) is 32.8. The molecule has 3 heterocycles. The van der Waals surface area contributed by atoms with E-state index in [0.29, 0.717) is 19.6 Å². The number of carboxylic acid groups (broad SMARTS) is 1. The summed E-state index contributed by atoms with van der Waals surface area (Å²) in [6.07, 6.45) is 0.990. The molecule has 6 heteroatoms. The van der Waals surface area contributed by atoms with E-state index in [-0.39, 0.29) is 23.3 Å². The molecule has 1 N–H and O–H groups in total. The zero-order valence-corrected chi connectivity index (χ0v) is 13.9. The summed E-state index contributed by atoms with van der Waals surface area (Å²) < 4.78 is 1.84. The fourth-order valence-electron chi connectivity index (χ4n) is 4.83. The number of hydrogen-bond acceptors (Lipinski definition) is 3. The Hall–Kier alpha value is -2.11. The van der Waals surface area contributed by atoms with Crippen LogP contribution in [0.15, 0.2) is 23.0 Å². The smallest absolute Gasteiger partial charge is 0.307 e. The van der Waals surface area contributed by atoms with E-state index in [1.54, 1.807) is 12.1 Å². The number of pyridine rings is 1. The van der Waals surface area contributed by atoms with Gasteiger partial charge in [0.05, 0.1) is 11.8 Å². The van der Waals surface area contributed by atoms with Gasteiger partial charge in [-0.25, -0.2) is 0 Å². The average molecular weight is 330 g/mol. The van der Waals surface area contributed by atoms with Gasteiger partial charge in [-0.1, -0.05) is 19.9 Å². The molecule has 2 aliphatic heterocycles. The standard InChI is InChI=1S/C18H22N2O4/c1-18(2)14(15(18)17(23)24)16(22)19-7-10-6-11(9-19)12-4-3-5-13(21)20(12)8-10/h3-5,10-11,14-15H,6-9H2,1-2H3,(H,23,24)/t10-,11+,14+,15+/m1/s1. The summed E-state index contributed by atoms with van der Waals surface area (Å²) in [6.45, 7) is 5.56. The Balaban J connectivity index is 1.58. The summed E-state index contributed by atoms with van der Waals surface area (Å²) in [5.41, 5.74) is 0.557. The van der Waals surface area contributed by atoms with Crippen molar-refractivity contribution in [3.63, 3.8) is 0 Å². The molecule has 0 radical (unpaired) electrons. The first kappa shape index (κ1) is 15.4. The molecule has 1 aliphatic carbocycles. The molecule has 2 bridgehead atoms. The van der Waals surface area contributed by atoms with Gasteiger partial charge >= 0.3 is 5.97 Å². The summed E-state index contributed by atoms with van der Waals surface area (Å²) >= 11 is 0. The molecular formula is C18H22N2O4. The van der Waals surface area contributed by atoms with Crippen molar-refractivity contribution >= 4 is 11.9 Å². The van der Waals surface area contributed by atoms with Crippen LogP contribution in [0, 0.1) is 23.2 Å². The summed E-state index contributed by atoms with van der Waals surface area (Å²) in [5, 5.41) is 9.32. The Morgan fingerprint density at radius 1 is 1.17 bits per heavy atom. The topological polar surface area (TPSA) is 79.6 Å². The van der Waals surface area contributed by atoms with Crippen LogP contribution < -0.4 is 5.56 Å². The molecule has 0 spiro atoms. The van der Waals surface area contributed by atoms with Gasteiger partial charge in [-0.3, -0.25) is 14.4 Å².